The van der Waals surface area contributed by atoms with Crippen LogP contribution in [-0.4, -0.2) is 28.8 Å². The number of hydrogen-bond acceptors (Lipinski definition) is 2. The molecule has 0 saturated carbocycles. The zero-order chi connectivity index (χ0) is 22.3. The summed E-state index contributed by atoms with van der Waals surface area (Å²) < 4.78 is 14.1. The molecule has 0 saturated heterocycles. The van der Waals surface area contributed by atoms with Gasteiger partial charge in [-0.15, -0.1) is 0 Å². The van der Waals surface area contributed by atoms with Crippen LogP contribution in [-0.2, 0) is 22.6 Å². The summed E-state index contributed by atoms with van der Waals surface area (Å²) in [5.41, 5.74) is 0.826. The van der Waals surface area contributed by atoms with Gasteiger partial charge in [-0.05, 0) is 43.5 Å². The van der Waals surface area contributed by atoms with E-state index in [1.165, 1.54) is 11.0 Å². The van der Waals surface area contributed by atoms with Gasteiger partial charge in [-0.25, -0.2) is 4.39 Å². The fraction of sp³-hybridized carbons (Fsp3) is 0.391. The van der Waals surface area contributed by atoms with Gasteiger partial charge in [0.15, 0.2) is 0 Å². The molecule has 0 bridgehead atoms. The van der Waals surface area contributed by atoms with Gasteiger partial charge < -0.3 is 10.2 Å². The van der Waals surface area contributed by atoms with Crippen molar-refractivity contribution in [3.05, 3.63) is 69.5 Å². The lowest BCUT2D eigenvalue weighted by molar-refractivity contribution is -0.141. The molecule has 0 aliphatic rings. The normalized spacial score (nSPS) is 12.9. The number of nitrogens with zero attached hydrogens (tertiary/aromatic N) is 1. The number of carbonyl (C=O) groups excluding carboxylic acids is 2. The molecule has 0 aliphatic heterocycles. The fourth-order valence-corrected chi connectivity index (χ4v) is 3.64. The Kier molecular flexibility index (Phi) is 9.12. The Morgan fingerprint density at radius 1 is 1.03 bits per heavy atom. The van der Waals surface area contributed by atoms with Gasteiger partial charge in [0.1, 0.15) is 11.9 Å². The number of rotatable bonds is 9. The summed E-state index contributed by atoms with van der Waals surface area (Å²) in [5, 5.41) is 3.75. The van der Waals surface area contributed by atoms with Gasteiger partial charge in [-0.3, -0.25) is 9.59 Å². The smallest absolute Gasteiger partial charge is 0.243 e. The molecule has 2 unspecified atom stereocenters. The molecular formula is C23H27Cl2FN2O2. The van der Waals surface area contributed by atoms with E-state index in [0.29, 0.717) is 22.0 Å². The molecule has 162 valence electrons. The van der Waals surface area contributed by atoms with Crippen LogP contribution in [0.5, 0.6) is 0 Å². The first-order chi connectivity index (χ1) is 14.3. The molecule has 2 atom stereocenters. The summed E-state index contributed by atoms with van der Waals surface area (Å²) in [7, 11) is 0. The lowest BCUT2D eigenvalue weighted by Crippen LogP contribution is -2.51. The summed E-state index contributed by atoms with van der Waals surface area (Å²) in [6.45, 7) is 5.76. The molecule has 0 aromatic heterocycles. The minimum absolute atomic E-state index is 0.0287. The van der Waals surface area contributed by atoms with E-state index in [-0.39, 0.29) is 36.4 Å². The van der Waals surface area contributed by atoms with Crippen molar-refractivity contribution in [1.82, 2.24) is 10.2 Å². The summed E-state index contributed by atoms with van der Waals surface area (Å²) >= 11 is 12.6. The van der Waals surface area contributed by atoms with Crippen molar-refractivity contribution in [2.24, 2.45) is 0 Å². The van der Waals surface area contributed by atoms with Crippen LogP contribution < -0.4 is 5.32 Å². The van der Waals surface area contributed by atoms with Crippen molar-refractivity contribution in [2.75, 3.05) is 0 Å². The fourth-order valence-electron chi connectivity index (χ4n) is 3.12. The monoisotopic (exact) mass is 452 g/mol. The minimum atomic E-state index is -0.731. The quantitative estimate of drug-likeness (QED) is 0.553. The Bertz CT molecular complexity index is 871. The number of benzene rings is 2. The lowest BCUT2D eigenvalue weighted by Gasteiger charge is -2.32. The van der Waals surface area contributed by atoms with Crippen LogP contribution in [0.2, 0.25) is 10.0 Å². The first-order valence-electron chi connectivity index (χ1n) is 10.0. The first-order valence-corrected chi connectivity index (χ1v) is 10.8. The molecule has 30 heavy (non-hydrogen) atoms. The molecule has 2 rings (SSSR count). The van der Waals surface area contributed by atoms with Crippen molar-refractivity contribution in [3.63, 3.8) is 0 Å². The summed E-state index contributed by atoms with van der Waals surface area (Å²) in [5.74, 6) is -1.09. The van der Waals surface area contributed by atoms with Crippen LogP contribution >= 0.6 is 23.2 Å². The average Bonchev–Trinajstić information content (AvgIpc) is 2.71. The standard InChI is InChI=1S/C23H27Cl2FN2O2/c1-4-15(3)27-23(30)21(5-2)28(14-17-18(24)10-8-11-19(17)25)22(29)13-16-9-6-7-12-20(16)26/h6-12,15,21H,4-5,13-14H2,1-3H3,(H,27,30). The second-order valence-corrected chi connectivity index (χ2v) is 8.05. The Morgan fingerprint density at radius 2 is 1.67 bits per heavy atom. The van der Waals surface area contributed by atoms with Crippen molar-refractivity contribution in [1.29, 1.82) is 0 Å². The van der Waals surface area contributed by atoms with Gasteiger partial charge in [0.25, 0.3) is 0 Å². The van der Waals surface area contributed by atoms with E-state index in [1.54, 1.807) is 36.4 Å². The highest BCUT2D eigenvalue weighted by Crippen LogP contribution is 2.27. The second-order valence-electron chi connectivity index (χ2n) is 7.23. The summed E-state index contributed by atoms with van der Waals surface area (Å²) in [4.78, 5) is 27.6. The molecule has 2 aromatic rings. The minimum Gasteiger partial charge on any atom is -0.352 e. The molecule has 2 aromatic carbocycles. The Morgan fingerprint density at radius 3 is 2.23 bits per heavy atom. The molecule has 0 aliphatic carbocycles. The molecule has 2 amide bonds. The molecule has 4 nitrogen and oxygen atoms in total. The highest BCUT2D eigenvalue weighted by molar-refractivity contribution is 6.36. The maximum atomic E-state index is 14.1. The van der Waals surface area contributed by atoms with Gasteiger partial charge in [0.2, 0.25) is 11.8 Å². The van der Waals surface area contributed by atoms with Crippen LogP contribution in [0.15, 0.2) is 42.5 Å². The predicted octanol–water partition coefficient (Wildman–Crippen LogP) is 5.40. The second kappa shape index (κ2) is 11.3. The Balaban J connectivity index is 2.38. The third kappa shape index (κ3) is 6.19. The van der Waals surface area contributed by atoms with Gasteiger partial charge >= 0.3 is 0 Å². The van der Waals surface area contributed by atoms with Gasteiger partial charge in [-0.2, -0.15) is 0 Å². The van der Waals surface area contributed by atoms with Crippen molar-refractivity contribution < 1.29 is 14.0 Å². The number of nitrogens with one attached hydrogen (secondary N) is 1. The van der Waals surface area contributed by atoms with Gasteiger partial charge in [-0.1, -0.05) is 61.3 Å². The van der Waals surface area contributed by atoms with E-state index in [2.05, 4.69) is 5.32 Å². The number of amides is 2. The maximum absolute atomic E-state index is 14.1. The highest BCUT2D eigenvalue weighted by Gasteiger charge is 2.30. The van der Waals surface area contributed by atoms with Crippen LogP contribution in [0.4, 0.5) is 4.39 Å². The van der Waals surface area contributed by atoms with Gasteiger partial charge in [0, 0.05) is 28.2 Å². The largest absolute Gasteiger partial charge is 0.352 e. The van der Waals surface area contributed by atoms with E-state index in [1.807, 2.05) is 20.8 Å². The molecule has 1 N–H and O–H groups in total. The molecule has 7 heteroatoms. The average molecular weight is 453 g/mol. The van der Waals surface area contributed by atoms with Gasteiger partial charge in [0.05, 0.1) is 6.42 Å². The third-order valence-corrected chi connectivity index (χ3v) is 5.78. The summed E-state index contributed by atoms with van der Waals surface area (Å²) in [6, 6.07) is 10.4. The molecule has 0 spiro atoms. The van der Waals surface area contributed by atoms with E-state index < -0.39 is 11.9 Å². The van der Waals surface area contributed by atoms with Crippen molar-refractivity contribution >= 4 is 35.0 Å². The predicted molar refractivity (Wildman–Crippen MR) is 119 cm³/mol. The van der Waals surface area contributed by atoms with Crippen LogP contribution in [0.25, 0.3) is 0 Å². The van der Waals surface area contributed by atoms with Crippen LogP contribution in [0.3, 0.4) is 0 Å². The van der Waals surface area contributed by atoms with E-state index in [4.69, 9.17) is 23.2 Å². The Labute approximate surface area is 187 Å². The molecule has 0 radical (unpaired) electrons. The zero-order valence-electron chi connectivity index (χ0n) is 17.4. The third-order valence-electron chi connectivity index (χ3n) is 5.08. The van der Waals surface area contributed by atoms with Crippen molar-refractivity contribution in [3.8, 4) is 0 Å². The van der Waals surface area contributed by atoms with Crippen LogP contribution in [0, 0.1) is 5.82 Å². The van der Waals surface area contributed by atoms with Crippen LogP contribution in [0.1, 0.15) is 44.7 Å². The van der Waals surface area contributed by atoms with E-state index in [0.717, 1.165) is 6.42 Å². The molecular weight excluding hydrogens is 426 g/mol. The number of hydrogen-bond donors (Lipinski definition) is 1. The highest BCUT2D eigenvalue weighted by atomic mass is 35.5. The lowest BCUT2D eigenvalue weighted by atomic mass is 10.1. The first kappa shape index (κ1) is 24.2. The molecule has 0 heterocycles. The number of carbonyl (C=O) groups is 2. The van der Waals surface area contributed by atoms with E-state index in [9.17, 15) is 14.0 Å². The molecule has 0 fully saturated rings. The topological polar surface area (TPSA) is 49.4 Å². The zero-order valence-corrected chi connectivity index (χ0v) is 18.9. The maximum Gasteiger partial charge on any atom is 0.243 e. The Hall–Kier alpha value is -2.11. The SMILES string of the molecule is CCC(C)NC(=O)C(CC)N(Cc1c(Cl)cccc1Cl)C(=O)Cc1ccccc1F. The number of halogens is 3. The van der Waals surface area contributed by atoms with Crippen molar-refractivity contribution in [2.45, 2.75) is 58.7 Å². The summed E-state index contributed by atoms with van der Waals surface area (Å²) in [6.07, 6.45) is 0.997. The van der Waals surface area contributed by atoms with E-state index >= 15 is 0 Å².